The van der Waals surface area contributed by atoms with Gasteiger partial charge in [0.1, 0.15) is 0 Å². The molecule has 1 saturated heterocycles. The molecule has 0 aromatic heterocycles. The number of hydrogen-bond acceptors (Lipinski definition) is 6. The summed E-state index contributed by atoms with van der Waals surface area (Å²) in [4.78, 5) is 25.9. The first-order valence-electron chi connectivity index (χ1n) is 8.46. The quantitative estimate of drug-likeness (QED) is 0.697. The smallest absolute Gasteiger partial charge is 0.312 e. The fraction of sp³-hybridized carbons (Fsp3) is 0.556. The molecule has 0 aliphatic carbocycles. The SMILES string of the molecule is CCC[C@]1(C(=O)O)CCN(C(=O)c2cc(OC)c(O)c(OC)c2)C[C@@H]1O. The number of likely N-dealkylation sites (tertiary alicyclic amines) is 1. The molecule has 1 aromatic rings. The zero-order valence-corrected chi connectivity index (χ0v) is 15.2. The largest absolute Gasteiger partial charge is 0.502 e. The number of amides is 1. The molecule has 26 heavy (non-hydrogen) atoms. The summed E-state index contributed by atoms with van der Waals surface area (Å²) in [7, 11) is 2.72. The van der Waals surface area contributed by atoms with Crippen molar-refractivity contribution in [1.29, 1.82) is 0 Å². The molecular weight excluding hydrogens is 342 g/mol. The summed E-state index contributed by atoms with van der Waals surface area (Å²) >= 11 is 0. The van der Waals surface area contributed by atoms with Crippen LogP contribution in [-0.2, 0) is 4.79 Å². The lowest BCUT2D eigenvalue weighted by molar-refractivity contribution is -0.162. The third kappa shape index (κ3) is 3.41. The van der Waals surface area contributed by atoms with Gasteiger partial charge in [-0.1, -0.05) is 13.3 Å². The number of benzene rings is 1. The molecule has 1 aromatic carbocycles. The van der Waals surface area contributed by atoms with Crippen molar-refractivity contribution < 1.29 is 34.4 Å². The van der Waals surface area contributed by atoms with Gasteiger partial charge in [-0.25, -0.2) is 0 Å². The number of rotatable bonds is 6. The van der Waals surface area contributed by atoms with Crippen LogP contribution in [0.2, 0.25) is 0 Å². The molecule has 0 radical (unpaired) electrons. The number of aliphatic carboxylic acids is 1. The van der Waals surface area contributed by atoms with Crippen LogP contribution in [0.5, 0.6) is 17.2 Å². The van der Waals surface area contributed by atoms with Crippen molar-refractivity contribution in [3.05, 3.63) is 17.7 Å². The molecule has 144 valence electrons. The minimum Gasteiger partial charge on any atom is -0.502 e. The van der Waals surface area contributed by atoms with E-state index in [0.29, 0.717) is 12.8 Å². The minimum absolute atomic E-state index is 0.0728. The number of aromatic hydroxyl groups is 1. The summed E-state index contributed by atoms with van der Waals surface area (Å²) < 4.78 is 10.1. The van der Waals surface area contributed by atoms with Gasteiger partial charge in [0.2, 0.25) is 5.75 Å². The Morgan fingerprint density at radius 2 is 1.85 bits per heavy atom. The van der Waals surface area contributed by atoms with E-state index < -0.39 is 23.4 Å². The highest BCUT2D eigenvalue weighted by Crippen LogP contribution is 2.39. The summed E-state index contributed by atoms with van der Waals surface area (Å²) in [6.07, 6.45) is 0.00410. The number of phenolic OH excluding ortho intramolecular Hbond substituents is 1. The van der Waals surface area contributed by atoms with Crippen LogP contribution in [0.4, 0.5) is 0 Å². The van der Waals surface area contributed by atoms with Gasteiger partial charge in [0, 0.05) is 18.7 Å². The molecule has 1 heterocycles. The van der Waals surface area contributed by atoms with Gasteiger partial charge in [-0.3, -0.25) is 9.59 Å². The van der Waals surface area contributed by atoms with E-state index in [-0.39, 0.29) is 42.3 Å². The van der Waals surface area contributed by atoms with Crippen molar-refractivity contribution in [3.8, 4) is 17.2 Å². The molecule has 2 atom stereocenters. The lowest BCUT2D eigenvalue weighted by Crippen LogP contribution is -2.56. The molecule has 1 aliphatic rings. The number of phenols is 1. The molecule has 0 saturated carbocycles. The van der Waals surface area contributed by atoms with Crippen molar-refractivity contribution in [2.24, 2.45) is 5.41 Å². The van der Waals surface area contributed by atoms with Gasteiger partial charge in [0.25, 0.3) is 5.91 Å². The van der Waals surface area contributed by atoms with Crippen LogP contribution >= 0.6 is 0 Å². The molecule has 8 heteroatoms. The summed E-state index contributed by atoms with van der Waals surface area (Å²) in [6.45, 7) is 2.01. The van der Waals surface area contributed by atoms with Crippen LogP contribution in [-0.4, -0.2) is 65.5 Å². The van der Waals surface area contributed by atoms with Crippen molar-refractivity contribution >= 4 is 11.9 Å². The minimum atomic E-state index is -1.23. The maximum atomic E-state index is 12.8. The molecule has 0 unspecified atom stereocenters. The number of aliphatic hydroxyl groups excluding tert-OH is 1. The Kier molecular flexibility index (Phi) is 5.97. The van der Waals surface area contributed by atoms with E-state index in [0.717, 1.165) is 0 Å². The summed E-state index contributed by atoms with van der Waals surface area (Å²) in [5.74, 6) is -1.45. The van der Waals surface area contributed by atoms with Crippen LogP contribution in [0.15, 0.2) is 12.1 Å². The van der Waals surface area contributed by atoms with Gasteiger partial charge in [-0.15, -0.1) is 0 Å². The van der Waals surface area contributed by atoms with Crippen LogP contribution in [0.3, 0.4) is 0 Å². The highest BCUT2D eigenvalue weighted by molar-refractivity contribution is 5.96. The number of methoxy groups -OCH3 is 2. The fourth-order valence-electron chi connectivity index (χ4n) is 3.45. The van der Waals surface area contributed by atoms with Crippen LogP contribution in [0.25, 0.3) is 0 Å². The second-order valence-electron chi connectivity index (χ2n) is 6.46. The Morgan fingerprint density at radius 1 is 1.27 bits per heavy atom. The number of carbonyl (C=O) groups is 2. The highest BCUT2D eigenvalue weighted by atomic mass is 16.5. The standard InChI is InChI=1S/C18H25NO7/c1-4-5-18(17(23)24)6-7-19(10-14(18)20)16(22)11-8-12(25-2)15(21)13(9-11)26-3/h8-9,14,20-21H,4-7,10H2,1-3H3,(H,23,24)/t14-,18-/m0/s1. The van der Waals surface area contributed by atoms with Gasteiger partial charge in [-0.2, -0.15) is 0 Å². The second kappa shape index (κ2) is 7.82. The number of hydrogen-bond donors (Lipinski definition) is 3. The predicted octanol–water partition coefficient (Wildman–Crippen LogP) is 1.49. The van der Waals surface area contributed by atoms with Crippen molar-refractivity contribution in [2.45, 2.75) is 32.3 Å². The number of β-amino-alcohol motifs (C(OH)–C–C–N with tert-alkyl or cyclic N) is 1. The molecule has 1 fully saturated rings. The monoisotopic (exact) mass is 367 g/mol. The fourth-order valence-corrected chi connectivity index (χ4v) is 3.45. The molecule has 0 bridgehead atoms. The first-order valence-corrected chi connectivity index (χ1v) is 8.46. The highest BCUT2D eigenvalue weighted by Gasteiger charge is 2.48. The first-order chi connectivity index (χ1) is 12.3. The van der Waals surface area contributed by atoms with Crippen LogP contribution in [0, 0.1) is 5.41 Å². The lowest BCUT2D eigenvalue weighted by Gasteiger charge is -2.42. The Labute approximate surface area is 151 Å². The molecular formula is C18H25NO7. The number of carboxylic acids is 1. The summed E-state index contributed by atoms with van der Waals surface area (Å²) in [6, 6.07) is 2.77. The van der Waals surface area contributed by atoms with E-state index in [9.17, 15) is 24.9 Å². The zero-order chi connectivity index (χ0) is 19.5. The molecule has 1 aliphatic heterocycles. The predicted molar refractivity (Wildman–Crippen MR) is 92.7 cm³/mol. The van der Waals surface area contributed by atoms with Gasteiger partial charge in [-0.05, 0) is 25.0 Å². The number of aliphatic hydroxyl groups is 1. The first kappa shape index (κ1) is 19.8. The van der Waals surface area contributed by atoms with Gasteiger partial charge < -0.3 is 29.7 Å². The van der Waals surface area contributed by atoms with E-state index in [4.69, 9.17) is 9.47 Å². The van der Waals surface area contributed by atoms with E-state index in [1.807, 2.05) is 6.92 Å². The maximum Gasteiger partial charge on any atom is 0.312 e. The maximum absolute atomic E-state index is 12.8. The van der Waals surface area contributed by atoms with E-state index in [1.165, 1.54) is 31.3 Å². The third-order valence-corrected chi connectivity index (χ3v) is 5.00. The van der Waals surface area contributed by atoms with Crippen molar-refractivity contribution in [3.63, 3.8) is 0 Å². The Morgan fingerprint density at radius 3 is 2.27 bits per heavy atom. The number of carboxylic acid groups (broad SMARTS) is 1. The van der Waals surface area contributed by atoms with Crippen molar-refractivity contribution in [2.75, 3.05) is 27.3 Å². The Balaban J connectivity index is 2.26. The zero-order valence-electron chi connectivity index (χ0n) is 15.2. The molecule has 3 N–H and O–H groups in total. The molecule has 8 nitrogen and oxygen atoms in total. The summed E-state index contributed by atoms with van der Waals surface area (Å²) in [5, 5.41) is 30.0. The number of piperidine rings is 1. The number of ether oxygens (including phenoxy) is 2. The molecule has 1 amide bonds. The second-order valence-corrected chi connectivity index (χ2v) is 6.46. The average molecular weight is 367 g/mol. The lowest BCUT2D eigenvalue weighted by atomic mass is 9.72. The van der Waals surface area contributed by atoms with Crippen molar-refractivity contribution in [1.82, 2.24) is 4.90 Å². The van der Waals surface area contributed by atoms with E-state index in [1.54, 1.807) is 0 Å². The Bertz CT molecular complexity index is 665. The topological polar surface area (TPSA) is 117 Å². The van der Waals surface area contributed by atoms with Crippen LogP contribution < -0.4 is 9.47 Å². The number of nitrogens with zero attached hydrogens (tertiary/aromatic N) is 1. The Hall–Kier alpha value is -2.48. The van der Waals surface area contributed by atoms with E-state index >= 15 is 0 Å². The van der Waals surface area contributed by atoms with Gasteiger partial charge in [0.15, 0.2) is 11.5 Å². The third-order valence-electron chi connectivity index (χ3n) is 5.00. The van der Waals surface area contributed by atoms with Gasteiger partial charge >= 0.3 is 5.97 Å². The van der Waals surface area contributed by atoms with E-state index in [2.05, 4.69) is 0 Å². The van der Waals surface area contributed by atoms with Crippen LogP contribution in [0.1, 0.15) is 36.5 Å². The average Bonchev–Trinajstić information content (AvgIpc) is 2.62. The summed E-state index contributed by atoms with van der Waals surface area (Å²) in [5.41, 5.74) is -1.00. The number of carbonyl (C=O) groups excluding carboxylic acids is 1. The molecule has 0 spiro atoms. The normalized spacial score (nSPS) is 22.8. The molecule has 2 rings (SSSR count). The van der Waals surface area contributed by atoms with Gasteiger partial charge in [0.05, 0.1) is 25.7 Å².